The van der Waals surface area contributed by atoms with Crippen LogP contribution < -0.4 is 5.32 Å². The highest BCUT2D eigenvalue weighted by atomic mass is 35.5. The maximum absolute atomic E-state index is 13.2. The van der Waals surface area contributed by atoms with Crippen molar-refractivity contribution in [1.82, 2.24) is 15.4 Å². The Labute approximate surface area is 156 Å². The molecule has 1 N–H and O–H groups in total. The number of carbonyl (C=O) groups excluding carboxylic acids is 2. The van der Waals surface area contributed by atoms with Gasteiger partial charge in [0, 0.05) is 17.0 Å². The van der Waals surface area contributed by atoms with E-state index in [1.54, 1.807) is 24.3 Å². The summed E-state index contributed by atoms with van der Waals surface area (Å²) in [5.41, 5.74) is 1.40. The predicted molar refractivity (Wildman–Crippen MR) is 95.6 cm³/mol. The number of benzene rings is 1. The molecule has 4 rings (SSSR count). The first-order chi connectivity index (χ1) is 12.5. The summed E-state index contributed by atoms with van der Waals surface area (Å²) in [6, 6.07) is 6.62. The summed E-state index contributed by atoms with van der Waals surface area (Å²) in [5.74, 6) is 0.623. The predicted octanol–water partition coefficient (Wildman–Crippen LogP) is 3.56. The number of nitrogens with zero attached hydrogens (tertiary/aromatic N) is 2. The zero-order valence-corrected chi connectivity index (χ0v) is 15.3. The van der Waals surface area contributed by atoms with Gasteiger partial charge >= 0.3 is 6.03 Å². The van der Waals surface area contributed by atoms with Gasteiger partial charge < -0.3 is 9.84 Å². The molecule has 2 aromatic rings. The van der Waals surface area contributed by atoms with E-state index in [0.29, 0.717) is 17.1 Å². The first-order valence-electron chi connectivity index (χ1n) is 8.91. The highest BCUT2D eigenvalue weighted by molar-refractivity contribution is 6.30. The van der Waals surface area contributed by atoms with Gasteiger partial charge in [0.2, 0.25) is 0 Å². The van der Waals surface area contributed by atoms with Gasteiger partial charge in [-0.25, -0.2) is 4.79 Å². The Kier molecular flexibility index (Phi) is 4.23. The van der Waals surface area contributed by atoms with Crippen molar-refractivity contribution in [2.24, 2.45) is 0 Å². The first-order valence-corrected chi connectivity index (χ1v) is 9.29. The average molecular weight is 374 g/mol. The minimum absolute atomic E-state index is 0.138. The van der Waals surface area contributed by atoms with Crippen LogP contribution in [-0.2, 0) is 29.7 Å². The lowest BCUT2D eigenvalue weighted by molar-refractivity contribution is -0.132. The molecule has 1 aliphatic carbocycles. The third-order valence-corrected chi connectivity index (χ3v) is 5.63. The molecule has 1 fully saturated rings. The molecule has 1 unspecified atom stereocenters. The smallest absolute Gasteiger partial charge is 0.325 e. The van der Waals surface area contributed by atoms with E-state index in [4.69, 9.17) is 16.1 Å². The van der Waals surface area contributed by atoms with Gasteiger partial charge in [0.05, 0.1) is 6.54 Å². The van der Waals surface area contributed by atoms with Gasteiger partial charge in [-0.05, 0) is 43.4 Å². The second-order valence-corrected chi connectivity index (χ2v) is 7.26. The average Bonchev–Trinajstić information content (AvgIpc) is 3.17. The molecule has 1 saturated heterocycles. The van der Waals surface area contributed by atoms with Crippen LogP contribution in [0.25, 0.3) is 0 Å². The summed E-state index contributed by atoms with van der Waals surface area (Å²) in [7, 11) is 0. The molecule has 0 radical (unpaired) electrons. The monoisotopic (exact) mass is 373 g/mol. The fourth-order valence-electron chi connectivity index (χ4n) is 3.87. The minimum atomic E-state index is -1.06. The molecule has 1 atom stereocenters. The number of urea groups is 1. The number of carbonyl (C=O) groups is 2. The second-order valence-electron chi connectivity index (χ2n) is 6.83. The van der Waals surface area contributed by atoms with E-state index in [-0.39, 0.29) is 12.5 Å². The van der Waals surface area contributed by atoms with E-state index in [1.165, 1.54) is 4.90 Å². The fourth-order valence-corrected chi connectivity index (χ4v) is 3.99. The maximum Gasteiger partial charge on any atom is 0.325 e. The fraction of sp³-hybridized carbons (Fsp3) is 0.421. The molecule has 1 aromatic heterocycles. The summed E-state index contributed by atoms with van der Waals surface area (Å²) in [5, 5.41) is 7.59. The van der Waals surface area contributed by atoms with Crippen molar-refractivity contribution in [2.75, 3.05) is 0 Å². The Hall–Kier alpha value is -2.34. The molecular weight excluding hydrogens is 354 g/mol. The summed E-state index contributed by atoms with van der Waals surface area (Å²) in [6.07, 6.45) is 4.36. The van der Waals surface area contributed by atoms with Crippen LogP contribution in [0.3, 0.4) is 0 Å². The van der Waals surface area contributed by atoms with Gasteiger partial charge in [-0.2, -0.15) is 0 Å². The molecule has 26 heavy (non-hydrogen) atoms. The number of rotatable bonds is 4. The summed E-state index contributed by atoms with van der Waals surface area (Å²) in [6.45, 7) is 2.02. The third-order valence-electron chi connectivity index (χ3n) is 5.38. The van der Waals surface area contributed by atoms with Crippen LogP contribution in [0, 0.1) is 0 Å². The van der Waals surface area contributed by atoms with Crippen LogP contribution >= 0.6 is 11.6 Å². The third kappa shape index (κ3) is 2.60. The lowest BCUT2D eigenvalue weighted by atomic mass is 9.87. The van der Waals surface area contributed by atoms with E-state index < -0.39 is 11.6 Å². The number of amides is 3. The van der Waals surface area contributed by atoms with Gasteiger partial charge in [-0.3, -0.25) is 9.69 Å². The molecule has 1 aliphatic heterocycles. The van der Waals surface area contributed by atoms with Crippen LogP contribution in [0.1, 0.15) is 48.8 Å². The first kappa shape index (κ1) is 17.1. The molecule has 6 nitrogen and oxygen atoms in total. The van der Waals surface area contributed by atoms with Crippen molar-refractivity contribution in [3.63, 3.8) is 0 Å². The lowest BCUT2D eigenvalue weighted by Crippen LogP contribution is -2.43. The number of halogens is 1. The van der Waals surface area contributed by atoms with Gasteiger partial charge in [-0.1, -0.05) is 35.8 Å². The zero-order valence-electron chi connectivity index (χ0n) is 14.5. The highest BCUT2D eigenvalue weighted by Gasteiger charge is 2.51. The van der Waals surface area contributed by atoms with Crippen LogP contribution in [0.2, 0.25) is 5.02 Å². The molecule has 0 saturated carbocycles. The van der Waals surface area contributed by atoms with Gasteiger partial charge in [0.15, 0.2) is 0 Å². The lowest BCUT2D eigenvalue weighted by Gasteiger charge is -2.25. The summed E-state index contributed by atoms with van der Waals surface area (Å²) < 4.78 is 5.41. The number of imide groups is 1. The molecule has 7 heteroatoms. The number of hydrogen-bond acceptors (Lipinski definition) is 4. The van der Waals surface area contributed by atoms with E-state index in [2.05, 4.69) is 10.5 Å². The maximum atomic E-state index is 13.2. The quantitative estimate of drug-likeness (QED) is 0.831. The second kappa shape index (κ2) is 6.43. The van der Waals surface area contributed by atoms with E-state index in [1.807, 2.05) is 6.92 Å². The van der Waals surface area contributed by atoms with E-state index in [0.717, 1.165) is 42.6 Å². The Morgan fingerprint density at radius 1 is 1.23 bits per heavy atom. The van der Waals surface area contributed by atoms with Crippen LogP contribution in [0.15, 0.2) is 28.8 Å². The number of aryl methyl sites for hydroxylation is 1. The minimum Gasteiger partial charge on any atom is -0.361 e. The normalized spacial score (nSPS) is 22.5. The van der Waals surface area contributed by atoms with Crippen molar-refractivity contribution in [3.8, 4) is 0 Å². The number of hydrogen-bond donors (Lipinski definition) is 1. The van der Waals surface area contributed by atoms with Crippen LogP contribution in [0.5, 0.6) is 0 Å². The van der Waals surface area contributed by atoms with Crippen molar-refractivity contribution in [1.29, 1.82) is 0 Å². The van der Waals surface area contributed by atoms with Gasteiger partial charge in [0.1, 0.15) is 17.0 Å². The molecule has 1 aromatic carbocycles. The topological polar surface area (TPSA) is 75.4 Å². The molecule has 2 aliphatic rings. The zero-order chi connectivity index (χ0) is 18.3. The van der Waals surface area contributed by atoms with Crippen molar-refractivity contribution >= 4 is 23.5 Å². The standard InChI is InChI=1S/C19H20ClN3O3/c1-2-19(12-7-9-13(20)10-8-12)17(24)23(18(25)21-19)11-15-14-5-3-4-6-16(14)26-22-15/h7-10H,2-6,11H2,1H3,(H,21,25). The highest BCUT2D eigenvalue weighted by Crippen LogP contribution is 2.34. The van der Waals surface area contributed by atoms with Gasteiger partial charge in [-0.15, -0.1) is 0 Å². The number of nitrogens with one attached hydrogen (secondary N) is 1. The molecule has 3 amide bonds. The van der Waals surface area contributed by atoms with Crippen molar-refractivity contribution < 1.29 is 14.1 Å². The van der Waals surface area contributed by atoms with Crippen molar-refractivity contribution in [2.45, 2.75) is 51.1 Å². The van der Waals surface area contributed by atoms with Crippen LogP contribution in [0.4, 0.5) is 4.79 Å². The van der Waals surface area contributed by atoms with Gasteiger partial charge in [0.25, 0.3) is 5.91 Å². The molecule has 2 heterocycles. The Balaban J connectivity index is 1.64. The summed E-state index contributed by atoms with van der Waals surface area (Å²) >= 11 is 5.96. The number of aromatic nitrogens is 1. The molecular formula is C19H20ClN3O3. The SMILES string of the molecule is CCC1(c2ccc(Cl)cc2)NC(=O)N(Cc2noc3c2CCCC3)C1=O. The summed E-state index contributed by atoms with van der Waals surface area (Å²) in [4.78, 5) is 27.0. The Bertz CT molecular complexity index is 861. The molecule has 0 bridgehead atoms. The van der Waals surface area contributed by atoms with Crippen molar-refractivity contribution in [3.05, 3.63) is 51.9 Å². The molecule has 0 spiro atoms. The van der Waals surface area contributed by atoms with E-state index >= 15 is 0 Å². The van der Waals surface area contributed by atoms with Crippen LogP contribution in [-0.4, -0.2) is 22.0 Å². The Morgan fingerprint density at radius 3 is 2.69 bits per heavy atom. The molecule has 136 valence electrons. The largest absolute Gasteiger partial charge is 0.361 e. The van der Waals surface area contributed by atoms with E-state index in [9.17, 15) is 9.59 Å². The number of fused-ring (bicyclic) bond motifs is 1. The Morgan fingerprint density at radius 2 is 1.96 bits per heavy atom.